The van der Waals surface area contributed by atoms with Crippen molar-refractivity contribution < 1.29 is 9.53 Å². The lowest BCUT2D eigenvalue weighted by atomic mass is 10.2. The summed E-state index contributed by atoms with van der Waals surface area (Å²) in [6.07, 6.45) is 3.02. The van der Waals surface area contributed by atoms with Crippen LogP contribution in [0.3, 0.4) is 0 Å². The zero-order valence-corrected chi connectivity index (χ0v) is 18.1. The van der Waals surface area contributed by atoms with Gasteiger partial charge in [0.1, 0.15) is 17.8 Å². The lowest BCUT2D eigenvalue weighted by molar-refractivity contribution is 0.100. The average molecular weight is 478 g/mol. The minimum atomic E-state index is -0.413. The Kier molecular flexibility index (Phi) is 6.41. The summed E-state index contributed by atoms with van der Waals surface area (Å²) in [4.78, 5) is 16.8. The third kappa shape index (κ3) is 5.35. The summed E-state index contributed by atoms with van der Waals surface area (Å²) in [5, 5.41) is 12.6. The summed E-state index contributed by atoms with van der Waals surface area (Å²) < 4.78 is 8.65. The van der Waals surface area contributed by atoms with Gasteiger partial charge in [0.05, 0.1) is 16.6 Å². The molecule has 0 saturated carbocycles. The van der Waals surface area contributed by atoms with E-state index in [0.29, 0.717) is 33.1 Å². The van der Waals surface area contributed by atoms with Crippen molar-refractivity contribution in [2.24, 2.45) is 0 Å². The molecule has 4 aromatic rings. The van der Waals surface area contributed by atoms with Gasteiger partial charge in [-0.2, -0.15) is 5.10 Å². The van der Waals surface area contributed by atoms with Crippen LogP contribution in [-0.4, -0.2) is 30.5 Å². The van der Waals surface area contributed by atoms with E-state index >= 15 is 0 Å². The van der Waals surface area contributed by atoms with Crippen LogP contribution in [0.25, 0.3) is 0 Å². The molecule has 0 atom stereocenters. The van der Waals surface area contributed by atoms with Gasteiger partial charge in [0, 0.05) is 11.2 Å². The quantitative estimate of drug-likeness (QED) is 0.414. The van der Waals surface area contributed by atoms with Crippen LogP contribution < -0.4 is 10.1 Å². The fourth-order valence-corrected chi connectivity index (χ4v) is 3.16. The number of halogens is 3. The first kappa shape index (κ1) is 21.2. The van der Waals surface area contributed by atoms with Gasteiger partial charge in [-0.1, -0.05) is 40.9 Å². The van der Waals surface area contributed by atoms with E-state index in [4.69, 9.17) is 39.5 Å². The molecule has 2 aromatic heterocycles. The SMILES string of the molecule is O=C(Nc1ncn(Cc2ccc(Cl)c(Cl)c2)n1)c1ccnn1COc1ccc(Cl)cc1. The number of ether oxygens (including phenoxy) is 1. The Morgan fingerprint density at radius 3 is 2.61 bits per heavy atom. The van der Waals surface area contributed by atoms with Crippen LogP contribution in [0.4, 0.5) is 5.95 Å². The van der Waals surface area contributed by atoms with E-state index in [1.165, 1.54) is 17.2 Å². The van der Waals surface area contributed by atoms with Crippen molar-refractivity contribution in [2.75, 3.05) is 5.32 Å². The maximum absolute atomic E-state index is 12.6. The molecule has 4 rings (SSSR count). The van der Waals surface area contributed by atoms with Gasteiger partial charge in [-0.25, -0.2) is 14.3 Å². The Labute approximate surface area is 192 Å². The molecule has 0 saturated heterocycles. The van der Waals surface area contributed by atoms with E-state index in [1.807, 2.05) is 6.07 Å². The zero-order chi connectivity index (χ0) is 21.8. The number of nitrogens with one attached hydrogen (secondary N) is 1. The molecule has 0 bridgehead atoms. The van der Waals surface area contributed by atoms with Crippen molar-refractivity contribution in [3.8, 4) is 5.75 Å². The van der Waals surface area contributed by atoms with Crippen LogP contribution in [0, 0.1) is 0 Å². The van der Waals surface area contributed by atoms with Gasteiger partial charge in [-0.15, -0.1) is 5.10 Å². The van der Waals surface area contributed by atoms with E-state index in [-0.39, 0.29) is 12.7 Å². The minimum absolute atomic E-state index is 0.0522. The molecule has 1 amide bonds. The molecular formula is C20H15Cl3N6O2. The number of benzene rings is 2. The predicted octanol–water partition coefficient (Wildman–Crippen LogP) is 4.77. The van der Waals surface area contributed by atoms with Crippen LogP contribution in [-0.2, 0) is 13.3 Å². The number of hydrogen-bond donors (Lipinski definition) is 1. The summed E-state index contributed by atoms with van der Waals surface area (Å²) in [5.41, 5.74) is 1.20. The molecule has 0 unspecified atom stereocenters. The summed E-state index contributed by atoms with van der Waals surface area (Å²) in [5.74, 6) is 0.356. The van der Waals surface area contributed by atoms with Gasteiger partial charge in [0.2, 0.25) is 5.95 Å². The smallest absolute Gasteiger partial charge is 0.276 e. The monoisotopic (exact) mass is 476 g/mol. The maximum atomic E-state index is 12.6. The highest BCUT2D eigenvalue weighted by molar-refractivity contribution is 6.42. The van der Waals surface area contributed by atoms with Gasteiger partial charge < -0.3 is 4.74 Å². The molecule has 1 N–H and O–H groups in total. The summed E-state index contributed by atoms with van der Waals surface area (Å²) in [7, 11) is 0. The van der Waals surface area contributed by atoms with Crippen molar-refractivity contribution in [2.45, 2.75) is 13.3 Å². The molecule has 0 aliphatic rings. The number of nitrogens with zero attached hydrogens (tertiary/aromatic N) is 5. The highest BCUT2D eigenvalue weighted by Gasteiger charge is 2.15. The topological polar surface area (TPSA) is 86.9 Å². The Morgan fingerprint density at radius 1 is 1.03 bits per heavy atom. The second kappa shape index (κ2) is 9.38. The van der Waals surface area contributed by atoms with Gasteiger partial charge in [-0.05, 0) is 48.0 Å². The van der Waals surface area contributed by atoms with Gasteiger partial charge in [0.15, 0.2) is 6.73 Å². The van der Waals surface area contributed by atoms with Crippen molar-refractivity contribution in [3.05, 3.63) is 87.4 Å². The fourth-order valence-electron chi connectivity index (χ4n) is 2.71. The van der Waals surface area contributed by atoms with E-state index in [0.717, 1.165) is 5.56 Å². The average Bonchev–Trinajstić information content (AvgIpc) is 3.40. The number of aromatic nitrogens is 5. The van der Waals surface area contributed by atoms with Crippen LogP contribution in [0.1, 0.15) is 16.1 Å². The Morgan fingerprint density at radius 2 is 1.84 bits per heavy atom. The molecule has 2 aromatic carbocycles. The Balaban J connectivity index is 1.38. The molecule has 31 heavy (non-hydrogen) atoms. The number of hydrogen-bond acceptors (Lipinski definition) is 5. The van der Waals surface area contributed by atoms with Crippen LogP contribution in [0.15, 0.2) is 61.1 Å². The van der Waals surface area contributed by atoms with Crippen LogP contribution >= 0.6 is 34.8 Å². The van der Waals surface area contributed by atoms with Gasteiger partial charge in [0.25, 0.3) is 5.91 Å². The van der Waals surface area contributed by atoms with E-state index in [2.05, 4.69) is 20.5 Å². The molecule has 0 fully saturated rings. The van der Waals surface area contributed by atoms with Crippen molar-refractivity contribution in [3.63, 3.8) is 0 Å². The number of carbonyl (C=O) groups is 1. The summed E-state index contributed by atoms with van der Waals surface area (Å²) in [6.45, 7) is 0.475. The standard InChI is InChI=1S/C20H15Cl3N6O2/c21-14-2-4-15(5-3-14)31-12-29-18(7-8-25-29)19(30)26-20-24-11-28(27-20)10-13-1-6-16(22)17(23)9-13/h1-9,11H,10,12H2,(H,26,27,30). The van der Waals surface area contributed by atoms with Gasteiger partial charge in [-0.3, -0.25) is 10.1 Å². The maximum Gasteiger partial charge on any atom is 0.276 e. The third-order valence-electron chi connectivity index (χ3n) is 4.21. The molecular weight excluding hydrogens is 463 g/mol. The highest BCUT2D eigenvalue weighted by Crippen LogP contribution is 2.23. The largest absolute Gasteiger partial charge is 0.471 e. The Hall–Kier alpha value is -3.07. The highest BCUT2D eigenvalue weighted by atomic mass is 35.5. The molecule has 0 aliphatic heterocycles. The molecule has 2 heterocycles. The molecule has 8 nitrogen and oxygen atoms in total. The fraction of sp³-hybridized carbons (Fsp3) is 0.100. The second-order valence-electron chi connectivity index (χ2n) is 6.41. The first-order valence-electron chi connectivity index (χ1n) is 9.03. The molecule has 0 radical (unpaired) electrons. The number of amides is 1. The lowest BCUT2D eigenvalue weighted by Gasteiger charge is -2.09. The lowest BCUT2D eigenvalue weighted by Crippen LogP contribution is -2.20. The van der Waals surface area contributed by atoms with E-state index in [1.54, 1.807) is 47.1 Å². The van der Waals surface area contributed by atoms with E-state index in [9.17, 15) is 4.79 Å². The molecule has 158 valence electrons. The number of rotatable bonds is 7. The van der Waals surface area contributed by atoms with Crippen molar-refractivity contribution in [1.29, 1.82) is 0 Å². The first-order valence-corrected chi connectivity index (χ1v) is 10.2. The molecule has 11 heteroatoms. The normalized spacial score (nSPS) is 10.8. The predicted molar refractivity (Wildman–Crippen MR) is 118 cm³/mol. The van der Waals surface area contributed by atoms with Crippen molar-refractivity contribution in [1.82, 2.24) is 24.5 Å². The van der Waals surface area contributed by atoms with Crippen molar-refractivity contribution >= 4 is 46.7 Å². The summed E-state index contributed by atoms with van der Waals surface area (Å²) >= 11 is 17.8. The molecule has 0 aliphatic carbocycles. The number of carbonyl (C=O) groups excluding carboxylic acids is 1. The second-order valence-corrected chi connectivity index (χ2v) is 7.66. The minimum Gasteiger partial charge on any atom is -0.471 e. The summed E-state index contributed by atoms with van der Waals surface area (Å²) in [6, 6.07) is 13.8. The molecule has 0 spiro atoms. The van der Waals surface area contributed by atoms with E-state index < -0.39 is 5.91 Å². The van der Waals surface area contributed by atoms with Gasteiger partial charge >= 0.3 is 0 Å². The van der Waals surface area contributed by atoms with Crippen LogP contribution in [0.5, 0.6) is 5.75 Å². The number of anilines is 1. The zero-order valence-electron chi connectivity index (χ0n) is 15.9. The van der Waals surface area contributed by atoms with Crippen LogP contribution in [0.2, 0.25) is 15.1 Å². The third-order valence-corrected chi connectivity index (χ3v) is 5.20. The Bertz CT molecular complexity index is 1210. The first-order chi connectivity index (χ1) is 15.0.